The third-order valence-corrected chi connectivity index (χ3v) is 3.46. The average molecular weight is 287 g/mol. The van der Waals surface area contributed by atoms with Crippen molar-refractivity contribution in [2.24, 2.45) is 5.73 Å². The van der Waals surface area contributed by atoms with Crippen molar-refractivity contribution in [3.63, 3.8) is 0 Å². The number of carbonyl (C=O) groups is 1. The molecule has 2 aromatic rings. The van der Waals surface area contributed by atoms with Crippen LogP contribution in [0.25, 0.3) is 0 Å². The highest BCUT2D eigenvalue weighted by Crippen LogP contribution is 2.21. The zero-order chi connectivity index (χ0) is 15.4. The summed E-state index contributed by atoms with van der Waals surface area (Å²) in [4.78, 5) is 11.8. The van der Waals surface area contributed by atoms with Gasteiger partial charge in [-0.15, -0.1) is 0 Å². The summed E-state index contributed by atoms with van der Waals surface area (Å²) in [5.41, 5.74) is 9.58. The molecule has 5 nitrogen and oxygen atoms in total. The monoisotopic (exact) mass is 287 g/mol. The first-order valence-electron chi connectivity index (χ1n) is 7.04. The largest absolute Gasteiger partial charge is 0.465 e. The lowest BCUT2D eigenvalue weighted by Crippen LogP contribution is -2.25. The van der Waals surface area contributed by atoms with Gasteiger partial charge in [0.2, 0.25) is 0 Å². The summed E-state index contributed by atoms with van der Waals surface area (Å²) in [7, 11) is 0. The van der Waals surface area contributed by atoms with Crippen molar-refractivity contribution < 1.29 is 9.53 Å². The van der Waals surface area contributed by atoms with E-state index >= 15 is 0 Å². The number of ether oxygens (including phenoxy) is 1. The number of esters is 1. The van der Waals surface area contributed by atoms with Gasteiger partial charge in [-0.05, 0) is 26.3 Å². The molecule has 2 N–H and O–H groups in total. The number of nitrogens with two attached hydrogens (primary N) is 1. The minimum atomic E-state index is -0.783. The van der Waals surface area contributed by atoms with Gasteiger partial charge >= 0.3 is 5.97 Å². The normalized spacial score (nSPS) is 12.2. The molecule has 0 amide bonds. The van der Waals surface area contributed by atoms with Crippen molar-refractivity contribution in [2.75, 3.05) is 6.61 Å². The smallest absolute Gasteiger partial charge is 0.327 e. The molecule has 112 valence electrons. The lowest BCUT2D eigenvalue weighted by Gasteiger charge is -2.11. The zero-order valence-corrected chi connectivity index (χ0v) is 12.7. The summed E-state index contributed by atoms with van der Waals surface area (Å²) in [6, 6.07) is 9.27. The molecule has 1 aromatic heterocycles. The Morgan fingerprint density at radius 2 is 2.00 bits per heavy atom. The number of benzene rings is 1. The molecule has 1 atom stereocenters. The predicted octanol–water partition coefficient (Wildman–Crippen LogP) is 2.11. The van der Waals surface area contributed by atoms with Crippen molar-refractivity contribution >= 4 is 5.97 Å². The van der Waals surface area contributed by atoms with Crippen LogP contribution in [-0.2, 0) is 16.1 Å². The summed E-state index contributed by atoms with van der Waals surface area (Å²) in [5.74, 6) is -0.414. The third-order valence-electron chi connectivity index (χ3n) is 3.46. The lowest BCUT2D eigenvalue weighted by molar-refractivity contribution is -0.144. The molecule has 1 heterocycles. The number of carbonyl (C=O) groups excluding carboxylic acids is 1. The molecule has 0 saturated heterocycles. The Balaban J connectivity index is 2.27. The Bertz CT molecular complexity index is 620. The molecule has 0 spiro atoms. The number of hydrogen-bond acceptors (Lipinski definition) is 4. The van der Waals surface area contributed by atoms with E-state index < -0.39 is 12.0 Å². The van der Waals surface area contributed by atoms with Crippen LogP contribution in [0.15, 0.2) is 30.3 Å². The molecule has 0 bridgehead atoms. The van der Waals surface area contributed by atoms with Crippen molar-refractivity contribution in [3.8, 4) is 0 Å². The third kappa shape index (κ3) is 3.31. The van der Waals surface area contributed by atoms with Gasteiger partial charge in [0.05, 0.1) is 18.8 Å². The van der Waals surface area contributed by atoms with Crippen LogP contribution in [0.1, 0.15) is 35.5 Å². The van der Waals surface area contributed by atoms with Gasteiger partial charge in [-0.25, -0.2) is 4.79 Å². The minimum Gasteiger partial charge on any atom is -0.465 e. The van der Waals surface area contributed by atoms with Crippen LogP contribution in [0.2, 0.25) is 0 Å². The molecular weight excluding hydrogens is 266 g/mol. The van der Waals surface area contributed by atoms with Gasteiger partial charge in [0.25, 0.3) is 0 Å². The maximum Gasteiger partial charge on any atom is 0.327 e. The maximum atomic E-state index is 11.8. The fraction of sp³-hybridized carbons (Fsp3) is 0.375. The number of aryl methyl sites for hydroxylation is 1. The Hall–Kier alpha value is -2.14. The average Bonchev–Trinajstić information content (AvgIpc) is 2.74. The Labute approximate surface area is 124 Å². The quantitative estimate of drug-likeness (QED) is 0.855. The number of aromatic nitrogens is 2. The highest BCUT2D eigenvalue weighted by molar-refractivity contribution is 5.78. The van der Waals surface area contributed by atoms with Crippen LogP contribution in [0, 0.1) is 13.8 Å². The van der Waals surface area contributed by atoms with E-state index in [9.17, 15) is 4.79 Å². The van der Waals surface area contributed by atoms with E-state index in [0.29, 0.717) is 13.2 Å². The van der Waals surface area contributed by atoms with Crippen LogP contribution >= 0.6 is 0 Å². The van der Waals surface area contributed by atoms with Gasteiger partial charge < -0.3 is 10.5 Å². The molecular formula is C16H21N3O2. The molecule has 0 radical (unpaired) electrons. The molecule has 1 unspecified atom stereocenters. The molecule has 5 heteroatoms. The highest BCUT2D eigenvalue weighted by Gasteiger charge is 2.24. The number of hydrogen-bond donors (Lipinski definition) is 1. The molecule has 0 fully saturated rings. The lowest BCUT2D eigenvalue weighted by atomic mass is 10.1. The fourth-order valence-corrected chi connectivity index (χ4v) is 2.42. The van der Waals surface area contributed by atoms with Crippen molar-refractivity contribution in [3.05, 3.63) is 52.8 Å². The second-order valence-electron chi connectivity index (χ2n) is 4.96. The molecule has 1 aromatic carbocycles. The van der Waals surface area contributed by atoms with Crippen molar-refractivity contribution in [2.45, 2.75) is 33.4 Å². The summed E-state index contributed by atoms with van der Waals surface area (Å²) in [6.45, 7) is 6.54. The predicted molar refractivity (Wildman–Crippen MR) is 80.8 cm³/mol. The summed E-state index contributed by atoms with van der Waals surface area (Å²) < 4.78 is 6.87. The van der Waals surface area contributed by atoms with Gasteiger partial charge in [-0.1, -0.05) is 30.3 Å². The van der Waals surface area contributed by atoms with E-state index in [1.807, 2.05) is 48.9 Å². The fourth-order valence-electron chi connectivity index (χ4n) is 2.42. The number of nitrogens with zero attached hydrogens (tertiary/aromatic N) is 2. The first-order valence-corrected chi connectivity index (χ1v) is 7.04. The van der Waals surface area contributed by atoms with E-state index in [1.165, 1.54) is 0 Å². The summed E-state index contributed by atoms with van der Waals surface area (Å²) >= 11 is 0. The van der Waals surface area contributed by atoms with Crippen LogP contribution in [-0.4, -0.2) is 22.4 Å². The first-order chi connectivity index (χ1) is 10.0. The van der Waals surface area contributed by atoms with Crippen LogP contribution < -0.4 is 5.73 Å². The van der Waals surface area contributed by atoms with Gasteiger partial charge in [0, 0.05) is 11.3 Å². The molecule has 0 saturated carbocycles. The summed E-state index contributed by atoms with van der Waals surface area (Å²) in [5, 5.41) is 4.50. The van der Waals surface area contributed by atoms with Crippen LogP contribution in [0.4, 0.5) is 0 Å². The molecule has 0 aliphatic heterocycles. The topological polar surface area (TPSA) is 70.1 Å². The van der Waals surface area contributed by atoms with Gasteiger partial charge in [-0.2, -0.15) is 5.10 Å². The SMILES string of the molecule is CCOC(=O)C(N)c1c(C)nn(Cc2ccccc2)c1C. The summed E-state index contributed by atoms with van der Waals surface area (Å²) in [6.07, 6.45) is 0. The highest BCUT2D eigenvalue weighted by atomic mass is 16.5. The Morgan fingerprint density at radius 3 is 2.62 bits per heavy atom. The second kappa shape index (κ2) is 6.54. The zero-order valence-electron chi connectivity index (χ0n) is 12.7. The van der Waals surface area contributed by atoms with Gasteiger partial charge in [0.1, 0.15) is 6.04 Å². The van der Waals surface area contributed by atoms with Gasteiger partial charge in [-0.3, -0.25) is 4.68 Å². The Kier molecular flexibility index (Phi) is 4.75. The number of rotatable bonds is 5. The van der Waals surface area contributed by atoms with Crippen LogP contribution in [0.5, 0.6) is 0 Å². The minimum absolute atomic E-state index is 0.322. The van der Waals surface area contributed by atoms with E-state index in [0.717, 1.165) is 22.5 Å². The maximum absolute atomic E-state index is 11.8. The molecule has 2 rings (SSSR count). The first kappa shape index (κ1) is 15.3. The van der Waals surface area contributed by atoms with Gasteiger partial charge in [0.15, 0.2) is 0 Å². The molecule has 0 aliphatic rings. The van der Waals surface area contributed by atoms with Crippen molar-refractivity contribution in [1.82, 2.24) is 9.78 Å². The Morgan fingerprint density at radius 1 is 1.33 bits per heavy atom. The standard InChI is InChI=1S/C16H21N3O2/c1-4-21-16(20)15(17)14-11(2)18-19(12(14)3)10-13-8-6-5-7-9-13/h5-9,15H,4,10,17H2,1-3H3. The van der Waals surface area contributed by atoms with Crippen molar-refractivity contribution in [1.29, 1.82) is 0 Å². The molecule has 0 aliphatic carbocycles. The van der Waals surface area contributed by atoms with E-state index in [2.05, 4.69) is 5.10 Å². The molecule has 21 heavy (non-hydrogen) atoms. The second-order valence-corrected chi connectivity index (χ2v) is 4.96. The van der Waals surface area contributed by atoms with Crippen LogP contribution in [0.3, 0.4) is 0 Å². The van der Waals surface area contributed by atoms with E-state index in [1.54, 1.807) is 6.92 Å². The van der Waals surface area contributed by atoms with E-state index in [-0.39, 0.29) is 0 Å². The van der Waals surface area contributed by atoms with E-state index in [4.69, 9.17) is 10.5 Å².